The molecule has 2 heteroatoms. The third kappa shape index (κ3) is 2.10. The van der Waals surface area contributed by atoms with Gasteiger partial charge in [0.25, 0.3) is 0 Å². The van der Waals surface area contributed by atoms with Crippen molar-refractivity contribution in [1.29, 1.82) is 0 Å². The van der Waals surface area contributed by atoms with Crippen molar-refractivity contribution >= 4 is 0 Å². The Kier molecular flexibility index (Phi) is 4.62. The molecule has 1 atom stereocenters. The van der Waals surface area contributed by atoms with E-state index in [1.807, 2.05) is 0 Å². The topological polar surface area (TPSA) is 3.24 Å². The number of nitrogens with zero attached hydrogens (tertiary/aromatic N) is 1. The molecule has 2 aliphatic rings. The zero-order valence-electron chi connectivity index (χ0n) is 9.84. The Morgan fingerprint density at radius 3 is 2.21 bits per heavy atom. The first-order valence-corrected chi connectivity index (χ1v) is 5.70. The van der Waals surface area contributed by atoms with Crippen molar-refractivity contribution < 1.29 is 32.7 Å². The van der Waals surface area contributed by atoms with Crippen molar-refractivity contribution in [1.82, 2.24) is 4.90 Å². The van der Waals surface area contributed by atoms with E-state index in [1.54, 1.807) is 5.92 Å². The van der Waals surface area contributed by atoms with Crippen LogP contribution in [-0.2, 0) is 32.7 Å². The van der Waals surface area contributed by atoms with Crippen LogP contribution in [0.3, 0.4) is 0 Å². The second kappa shape index (κ2) is 4.93. The Balaban J connectivity index is 0.000000980. The molecule has 2 fully saturated rings. The van der Waals surface area contributed by atoms with E-state index in [-0.39, 0.29) is 32.7 Å². The maximum atomic E-state index is 2.53. The normalized spacial score (nSPS) is 33.2. The van der Waals surface area contributed by atoms with E-state index in [2.05, 4.69) is 25.8 Å². The molecule has 1 nitrogen and oxygen atoms in total. The van der Waals surface area contributed by atoms with Crippen LogP contribution in [-0.4, -0.2) is 24.5 Å². The average Bonchev–Trinajstić information content (AvgIpc) is 2.33. The van der Waals surface area contributed by atoms with E-state index >= 15 is 0 Å². The van der Waals surface area contributed by atoms with Gasteiger partial charge in [-0.2, -0.15) is 6.92 Å². The van der Waals surface area contributed by atoms with Gasteiger partial charge in [-0.1, -0.05) is 39.0 Å². The van der Waals surface area contributed by atoms with Crippen molar-refractivity contribution in [3.05, 3.63) is 5.92 Å². The molecule has 1 spiro atoms. The molecule has 14 heavy (non-hydrogen) atoms. The summed E-state index contributed by atoms with van der Waals surface area (Å²) in [4.78, 5) is 2.53. The van der Waals surface area contributed by atoms with Gasteiger partial charge in [0.15, 0.2) is 0 Å². The van der Waals surface area contributed by atoms with Crippen LogP contribution in [0.15, 0.2) is 0 Å². The van der Waals surface area contributed by atoms with Crippen molar-refractivity contribution in [3.63, 3.8) is 0 Å². The summed E-state index contributed by atoms with van der Waals surface area (Å²) in [5.74, 6) is 1.76. The van der Waals surface area contributed by atoms with Crippen LogP contribution in [0, 0.1) is 11.3 Å². The van der Waals surface area contributed by atoms with Crippen LogP contribution in [0.25, 0.3) is 0 Å². The zero-order chi connectivity index (χ0) is 9.47. The minimum Gasteiger partial charge on any atom is -0.335 e. The van der Waals surface area contributed by atoms with Gasteiger partial charge in [-0.3, -0.25) is 5.92 Å². The Labute approximate surface area is 114 Å². The smallest absolute Gasteiger partial charge is 0 e. The average molecular weight is 269 g/mol. The molecule has 0 N–H and O–H groups in total. The molecule has 1 unspecified atom stereocenters. The van der Waals surface area contributed by atoms with E-state index in [0.29, 0.717) is 5.41 Å². The summed E-state index contributed by atoms with van der Waals surface area (Å²) in [6.07, 6.45) is 7.28. The van der Waals surface area contributed by atoms with Crippen molar-refractivity contribution in [2.45, 2.75) is 52.0 Å². The quantitative estimate of drug-likeness (QED) is 0.611. The Hall–Kier alpha value is 1.06. The minimum atomic E-state index is 0. The summed E-state index contributed by atoms with van der Waals surface area (Å²) in [6.45, 7) is 6.07. The molecule has 0 amide bonds. The van der Waals surface area contributed by atoms with E-state index in [0.717, 1.165) is 6.04 Å². The predicted octanol–water partition coefficient (Wildman–Crippen LogP) is 2.86. The van der Waals surface area contributed by atoms with Gasteiger partial charge >= 0.3 is 0 Å². The summed E-state index contributed by atoms with van der Waals surface area (Å²) >= 11 is 0. The Bertz CT molecular complexity index is 187. The van der Waals surface area contributed by atoms with Crippen LogP contribution < -0.4 is 0 Å². The minimum absolute atomic E-state index is 0. The molecule has 79 valence electrons. The molecular formula is C12H22NY-. The van der Waals surface area contributed by atoms with Gasteiger partial charge < -0.3 is 4.90 Å². The molecule has 1 heterocycles. The van der Waals surface area contributed by atoms with Gasteiger partial charge in [0.2, 0.25) is 0 Å². The molecule has 0 aromatic heterocycles. The SMILES string of the molecule is C[C-]1C(C)N(C)CC12CCCCC2.[Y]. The number of rotatable bonds is 0. The Morgan fingerprint density at radius 1 is 1.21 bits per heavy atom. The van der Waals surface area contributed by atoms with Crippen LogP contribution in [0.5, 0.6) is 0 Å². The van der Waals surface area contributed by atoms with Crippen molar-refractivity contribution in [2.75, 3.05) is 13.6 Å². The number of hydrogen-bond acceptors (Lipinski definition) is 1. The van der Waals surface area contributed by atoms with E-state index in [1.165, 1.54) is 38.6 Å². The first-order valence-electron chi connectivity index (χ1n) is 5.70. The molecule has 0 bridgehead atoms. The summed E-state index contributed by atoms with van der Waals surface area (Å²) in [6, 6.07) is 0.720. The monoisotopic (exact) mass is 269 g/mol. The summed E-state index contributed by atoms with van der Waals surface area (Å²) < 4.78 is 0. The van der Waals surface area contributed by atoms with Crippen LogP contribution >= 0.6 is 0 Å². The van der Waals surface area contributed by atoms with Crippen molar-refractivity contribution in [2.24, 2.45) is 5.41 Å². The molecular weight excluding hydrogens is 247 g/mol. The van der Waals surface area contributed by atoms with Gasteiger partial charge in [-0.15, -0.1) is 11.5 Å². The summed E-state index contributed by atoms with van der Waals surface area (Å²) in [5.41, 5.74) is 0.617. The maximum Gasteiger partial charge on any atom is 0 e. The van der Waals surface area contributed by atoms with Crippen molar-refractivity contribution in [3.8, 4) is 0 Å². The van der Waals surface area contributed by atoms with Gasteiger partial charge in [0, 0.05) is 32.7 Å². The fraction of sp³-hybridized carbons (Fsp3) is 0.917. The molecule has 2 rings (SSSR count). The molecule has 1 aliphatic heterocycles. The summed E-state index contributed by atoms with van der Waals surface area (Å²) in [7, 11) is 2.28. The van der Waals surface area contributed by atoms with Crippen LogP contribution in [0.1, 0.15) is 46.0 Å². The molecule has 1 aliphatic carbocycles. The zero-order valence-corrected chi connectivity index (χ0v) is 12.7. The third-order valence-electron chi connectivity index (χ3n) is 4.49. The standard InChI is InChI=1S/C12H22N.Y/c1-10-11(2)13(3)9-12(10)7-5-4-6-8-12;/h11H,4-9H2,1-3H3;/q-1;. The second-order valence-corrected chi connectivity index (χ2v) is 5.12. The molecule has 1 radical (unpaired) electrons. The van der Waals surface area contributed by atoms with Crippen LogP contribution in [0.4, 0.5) is 0 Å². The van der Waals surface area contributed by atoms with Gasteiger partial charge in [-0.05, 0) is 13.6 Å². The van der Waals surface area contributed by atoms with Gasteiger partial charge in [0.05, 0.1) is 0 Å². The third-order valence-corrected chi connectivity index (χ3v) is 4.49. The largest absolute Gasteiger partial charge is 0.335 e. The molecule has 0 aromatic rings. The maximum absolute atomic E-state index is 2.53. The summed E-state index contributed by atoms with van der Waals surface area (Å²) in [5, 5.41) is 0. The van der Waals surface area contributed by atoms with E-state index in [9.17, 15) is 0 Å². The van der Waals surface area contributed by atoms with E-state index in [4.69, 9.17) is 0 Å². The van der Waals surface area contributed by atoms with Gasteiger partial charge in [-0.25, -0.2) is 0 Å². The first kappa shape index (κ1) is 13.1. The number of likely N-dealkylation sites (tertiary alicyclic amines) is 1. The number of hydrogen-bond donors (Lipinski definition) is 0. The second-order valence-electron chi connectivity index (χ2n) is 5.12. The van der Waals surface area contributed by atoms with Crippen LogP contribution in [0.2, 0.25) is 0 Å². The van der Waals surface area contributed by atoms with E-state index < -0.39 is 0 Å². The predicted molar refractivity (Wildman–Crippen MR) is 56.5 cm³/mol. The molecule has 1 saturated carbocycles. The first-order chi connectivity index (χ1) is 6.16. The molecule has 0 aromatic carbocycles. The Morgan fingerprint density at radius 2 is 1.79 bits per heavy atom. The fourth-order valence-electron chi connectivity index (χ4n) is 3.29. The van der Waals surface area contributed by atoms with Gasteiger partial charge in [0.1, 0.15) is 0 Å². The molecule has 1 saturated heterocycles. The fourth-order valence-corrected chi connectivity index (χ4v) is 3.29.